The predicted octanol–water partition coefficient (Wildman–Crippen LogP) is 4.18. The van der Waals surface area contributed by atoms with Crippen LogP contribution in [0, 0.1) is 18.3 Å². The molecule has 1 amide bonds. The summed E-state index contributed by atoms with van der Waals surface area (Å²) in [5.74, 6) is -0.448. The molecule has 3 aromatic rings. The molecule has 0 radical (unpaired) electrons. The maximum Gasteiger partial charge on any atom is 0.264 e. The average Bonchev–Trinajstić information content (AvgIpc) is 3.13. The number of rotatable bonds is 6. The Hall–Kier alpha value is -3.43. The minimum Gasteiger partial charge on any atom is -0.340 e. The van der Waals surface area contributed by atoms with E-state index >= 15 is 0 Å². The maximum atomic E-state index is 12.7. The summed E-state index contributed by atoms with van der Waals surface area (Å²) in [5, 5.41) is 17.8. The minimum atomic E-state index is -0.448. The van der Waals surface area contributed by atoms with Gasteiger partial charge in [-0.25, -0.2) is 4.98 Å². The molecule has 0 bridgehead atoms. The molecule has 0 aliphatic rings. The van der Waals surface area contributed by atoms with E-state index in [-0.39, 0.29) is 11.6 Å². The summed E-state index contributed by atoms with van der Waals surface area (Å²) < 4.78 is 0. The Labute approximate surface area is 162 Å². The van der Waals surface area contributed by atoms with Gasteiger partial charge in [0, 0.05) is 11.6 Å². The first-order valence-electron chi connectivity index (χ1n) is 8.37. The fraction of sp³-hybridized carbons (Fsp3) is 0.0952. The highest BCUT2D eigenvalue weighted by molar-refractivity contribution is 7.13. The molecular formula is C21H18N4OS. The Balaban J connectivity index is 1.82. The van der Waals surface area contributed by atoms with Crippen LogP contribution in [-0.2, 0) is 4.79 Å². The van der Waals surface area contributed by atoms with Crippen molar-refractivity contribution in [2.45, 2.75) is 13.0 Å². The van der Waals surface area contributed by atoms with Crippen molar-refractivity contribution in [3.63, 3.8) is 0 Å². The summed E-state index contributed by atoms with van der Waals surface area (Å²) >= 11 is 1.41. The molecule has 134 valence electrons. The zero-order valence-electron chi connectivity index (χ0n) is 14.7. The number of nitrogens with one attached hydrogen (secondary N) is 2. The van der Waals surface area contributed by atoms with Gasteiger partial charge in [-0.15, -0.1) is 11.3 Å². The lowest BCUT2D eigenvalue weighted by Gasteiger charge is -2.19. The molecule has 1 heterocycles. The lowest BCUT2D eigenvalue weighted by atomic mass is 9.98. The first-order chi connectivity index (χ1) is 13.2. The highest BCUT2D eigenvalue weighted by Crippen LogP contribution is 2.22. The first kappa shape index (κ1) is 18.4. The van der Waals surface area contributed by atoms with E-state index in [0.717, 1.165) is 16.8 Å². The summed E-state index contributed by atoms with van der Waals surface area (Å²) in [4.78, 5) is 17.0. The van der Waals surface area contributed by atoms with Crippen LogP contribution in [0.25, 0.3) is 0 Å². The van der Waals surface area contributed by atoms with Gasteiger partial charge >= 0.3 is 0 Å². The smallest absolute Gasteiger partial charge is 0.264 e. The second-order valence-electron chi connectivity index (χ2n) is 5.84. The van der Waals surface area contributed by atoms with E-state index in [1.807, 2.05) is 79.0 Å². The van der Waals surface area contributed by atoms with E-state index < -0.39 is 5.91 Å². The van der Waals surface area contributed by atoms with Crippen molar-refractivity contribution in [2.75, 3.05) is 5.32 Å². The number of hydrogen-bond donors (Lipinski definition) is 2. The molecule has 0 saturated carbocycles. The number of anilines is 1. The van der Waals surface area contributed by atoms with E-state index in [9.17, 15) is 10.1 Å². The number of amides is 1. The van der Waals surface area contributed by atoms with Gasteiger partial charge in [0.05, 0.1) is 11.7 Å². The Bertz CT molecular complexity index is 935. The number of carbonyl (C=O) groups excluding carboxylic acids is 1. The lowest BCUT2D eigenvalue weighted by Crippen LogP contribution is -2.30. The fourth-order valence-electron chi connectivity index (χ4n) is 2.56. The van der Waals surface area contributed by atoms with Crippen LogP contribution >= 0.6 is 11.3 Å². The number of nitriles is 1. The van der Waals surface area contributed by atoms with Crippen molar-refractivity contribution in [3.8, 4) is 6.07 Å². The van der Waals surface area contributed by atoms with Gasteiger partial charge in [-0.05, 0) is 18.1 Å². The van der Waals surface area contributed by atoms with Crippen LogP contribution in [0.15, 0.2) is 77.8 Å². The number of benzene rings is 2. The third-order valence-corrected chi connectivity index (χ3v) is 4.76. The third-order valence-electron chi connectivity index (χ3n) is 3.87. The largest absolute Gasteiger partial charge is 0.340 e. The number of hydrogen-bond acceptors (Lipinski definition) is 5. The molecule has 0 fully saturated rings. The van der Waals surface area contributed by atoms with Crippen molar-refractivity contribution in [3.05, 3.63) is 94.6 Å². The number of thiazole rings is 1. The van der Waals surface area contributed by atoms with Gasteiger partial charge in [-0.3, -0.25) is 4.79 Å². The summed E-state index contributed by atoms with van der Waals surface area (Å²) in [7, 11) is 0. The van der Waals surface area contributed by atoms with Crippen molar-refractivity contribution in [2.24, 2.45) is 0 Å². The Morgan fingerprint density at radius 2 is 1.70 bits per heavy atom. The Morgan fingerprint density at radius 3 is 2.19 bits per heavy atom. The van der Waals surface area contributed by atoms with Gasteiger partial charge in [-0.2, -0.15) is 5.26 Å². The summed E-state index contributed by atoms with van der Waals surface area (Å²) in [6, 6.07) is 20.9. The van der Waals surface area contributed by atoms with E-state index in [1.165, 1.54) is 17.5 Å². The van der Waals surface area contributed by atoms with Crippen molar-refractivity contribution in [1.29, 1.82) is 5.26 Å². The molecule has 2 N–H and O–H groups in total. The van der Waals surface area contributed by atoms with E-state index in [2.05, 4.69) is 15.6 Å². The van der Waals surface area contributed by atoms with Crippen LogP contribution in [0.2, 0.25) is 0 Å². The molecule has 0 spiro atoms. The Morgan fingerprint density at radius 1 is 1.11 bits per heavy atom. The van der Waals surface area contributed by atoms with Gasteiger partial charge in [0.25, 0.3) is 5.91 Å². The molecule has 1 aromatic heterocycles. The molecule has 5 nitrogen and oxygen atoms in total. The molecule has 0 atom stereocenters. The summed E-state index contributed by atoms with van der Waals surface area (Å²) in [5.41, 5.74) is 2.75. The van der Waals surface area contributed by atoms with Gasteiger partial charge in [-0.1, -0.05) is 60.7 Å². The summed E-state index contributed by atoms with van der Waals surface area (Å²) in [6.45, 7) is 1.88. The lowest BCUT2D eigenvalue weighted by molar-refractivity contribution is -0.117. The fourth-order valence-corrected chi connectivity index (χ4v) is 3.22. The van der Waals surface area contributed by atoms with Gasteiger partial charge in [0.2, 0.25) is 0 Å². The van der Waals surface area contributed by atoms with Crippen LogP contribution < -0.4 is 10.6 Å². The molecule has 0 aliphatic carbocycles. The monoisotopic (exact) mass is 374 g/mol. The normalized spacial score (nSPS) is 11.1. The molecule has 0 unspecified atom stereocenters. The average molecular weight is 374 g/mol. The molecular weight excluding hydrogens is 356 g/mol. The van der Waals surface area contributed by atoms with E-state index in [1.54, 1.807) is 0 Å². The highest BCUT2D eigenvalue weighted by atomic mass is 32.1. The third kappa shape index (κ3) is 4.81. The van der Waals surface area contributed by atoms with Crippen LogP contribution in [0.1, 0.15) is 22.9 Å². The van der Waals surface area contributed by atoms with Gasteiger partial charge < -0.3 is 10.6 Å². The quantitative estimate of drug-likeness (QED) is 0.501. The number of aromatic nitrogens is 1. The van der Waals surface area contributed by atoms with Gasteiger partial charge in [0.1, 0.15) is 11.6 Å². The zero-order valence-corrected chi connectivity index (χ0v) is 15.5. The van der Waals surface area contributed by atoms with Crippen LogP contribution in [0.5, 0.6) is 0 Å². The van der Waals surface area contributed by atoms with Crippen molar-refractivity contribution >= 4 is 22.4 Å². The van der Waals surface area contributed by atoms with Crippen molar-refractivity contribution < 1.29 is 4.79 Å². The molecule has 2 aromatic carbocycles. The molecule has 0 saturated heterocycles. The number of carbonyl (C=O) groups is 1. The standard InChI is InChI=1S/C21H18N4OS/c1-15-14-27-21(24-15)23-13-18(12-22)20(26)25-19(16-8-4-2-5-9-16)17-10-6-3-7-11-17/h2-11,13-14,19H,1H3,(H,23,24)(H,25,26)/b18-13-. The molecule has 0 aliphatic heterocycles. The Kier molecular flexibility index (Phi) is 5.98. The molecule has 27 heavy (non-hydrogen) atoms. The SMILES string of the molecule is Cc1csc(N/C=C(/C#N)C(=O)NC(c2ccccc2)c2ccccc2)n1. The second-order valence-corrected chi connectivity index (χ2v) is 6.69. The molecule has 6 heteroatoms. The predicted molar refractivity (Wildman–Crippen MR) is 107 cm³/mol. The minimum absolute atomic E-state index is 0.0142. The second kappa shape index (κ2) is 8.79. The van der Waals surface area contributed by atoms with E-state index in [0.29, 0.717) is 5.13 Å². The van der Waals surface area contributed by atoms with Crippen molar-refractivity contribution in [1.82, 2.24) is 10.3 Å². The van der Waals surface area contributed by atoms with E-state index in [4.69, 9.17) is 0 Å². The zero-order chi connectivity index (χ0) is 19.1. The van der Waals surface area contributed by atoms with Crippen LogP contribution in [0.3, 0.4) is 0 Å². The number of nitrogens with zero attached hydrogens (tertiary/aromatic N) is 2. The summed E-state index contributed by atoms with van der Waals surface area (Å²) in [6.07, 6.45) is 1.39. The highest BCUT2D eigenvalue weighted by Gasteiger charge is 2.19. The molecule has 3 rings (SSSR count). The topological polar surface area (TPSA) is 77.8 Å². The number of aryl methyl sites for hydroxylation is 1. The van der Waals surface area contributed by atoms with Crippen LogP contribution in [-0.4, -0.2) is 10.9 Å². The van der Waals surface area contributed by atoms with Crippen LogP contribution in [0.4, 0.5) is 5.13 Å². The van der Waals surface area contributed by atoms with Gasteiger partial charge in [0.15, 0.2) is 5.13 Å². The first-order valence-corrected chi connectivity index (χ1v) is 9.25. The maximum absolute atomic E-state index is 12.7.